The quantitative estimate of drug-likeness (QED) is 0.100. The first-order chi connectivity index (χ1) is 14.2. The summed E-state index contributed by atoms with van der Waals surface area (Å²) in [6.45, 7) is 11.3. The maximum Gasteiger partial charge on any atom is 0.483 e. The van der Waals surface area contributed by atoms with E-state index < -0.39 is 79.6 Å². The molecule has 0 aliphatic heterocycles. The number of hydrogen-bond acceptors (Lipinski definition) is 8. The minimum absolute atomic E-state index is 0.812. The van der Waals surface area contributed by atoms with Gasteiger partial charge in [0, 0.05) is 6.61 Å². The van der Waals surface area contributed by atoms with Crippen molar-refractivity contribution < 1.29 is 64.8 Å². The van der Waals surface area contributed by atoms with Gasteiger partial charge >= 0.3 is 63.0 Å². The summed E-state index contributed by atoms with van der Waals surface area (Å²) in [5.41, 5.74) is 0. The Balaban J connectivity index is 0. The Morgan fingerprint density at radius 3 is 1.00 bits per heavy atom. The van der Waals surface area contributed by atoms with Crippen LogP contribution in [0.15, 0.2) is 0 Å². The average molecular weight is 629 g/mol. The van der Waals surface area contributed by atoms with E-state index in [2.05, 4.69) is 13.1 Å². The molecule has 184 valence electrons. The molecule has 0 aromatic heterocycles. The summed E-state index contributed by atoms with van der Waals surface area (Å²) < 4.78 is 73.9. The van der Waals surface area contributed by atoms with Gasteiger partial charge in [0.2, 0.25) is 0 Å². The average Bonchev–Trinajstić information content (AvgIpc) is 2.55. The van der Waals surface area contributed by atoms with Crippen LogP contribution in [0.1, 0.15) is 6.92 Å². The lowest BCUT2D eigenvalue weighted by Gasteiger charge is -2.24. The first kappa shape index (κ1) is 33.9. The minimum atomic E-state index is -5.60. The van der Waals surface area contributed by atoms with Crippen molar-refractivity contribution in [1.29, 1.82) is 0 Å². The van der Waals surface area contributed by atoms with Crippen LogP contribution < -0.4 is 0 Å². The normalized spacial score (nSPS) is 12.2. The third kappa shape index (κ3) is 7.88. The Morgan fingerprint density at radius 2 is 0.844 bits per heavy atom. The van der Waals surface area contributed by atoms with Crippen molar-refractivity contribution >= 4 is 79.6 Å². The fourth-order valence-electron chi connectivity index (χ4n) is 2.58. The third-order valence-electron chi connectivity index (χ3n) is 4.36. The minimum Gasteiger partial charge on any atom is -0.542 e. The van der Waals surface area contributed by atoms with Gasteiger partial charge < -0.3 is 64.8 Å². The van der Waals surface area contributed by atoms with Crippen LogP contribution in [0.3, 0.4) is 0 Å². The van der Waals surface area contributed by atoms with Gasteiger partial charge in [0.05, 0.1) is 0 Å². The van der Waals surface area contributed by atoms with Crippen LogP contribution in [-0.4, -0.2) is 120 Å². The molecule has 0 fully saturated rings. The molecule has 0 unspecified atom stereocenters. The summed E-state index contributed by atoms with van der Waals surface area (Å²) in [7, 11) is -30.3. The highest BCUT2D eigenvalue weighted by Crippen LogP contribution is 2.20. The molecule has 0 aliphatic rings. The van der Waals surface area contributed by atoms with Gasteiger partial charge in [-0.3, -0.25) is 0 Å². The first-order valence-electron chi connectivity index (χ1n) is 8.95. The number of hydrogen-bond donors (Lipinski definition) is 7. The van der Waals surface area contributed by atoms with Crippen LogP contribution in [0.4, 0.5) is 0 Å². The molecule has 7 N–H and O–H groups in total. The predicted octanol–water partition coefficient (Wildman–Crippen LogP) is -4.68. The van der Waals surface area contributed by atoms with Gasteiger partial charge in [0.15, 0.2) is 16.6 Å². The van der Waals surface area contributed by atoms with Gasteiger partial charge in [0.1, 0.15) is 0 Å². The van der Waals surface area contributed by atoms with Crippen molar-refractivity contribution in [3.05, 3.63) is 0 Å². The smallest absolute Gasteiger partial charge is 0.483 e. The summed E-state index contributed by atoms with van der Waals surface area (Å²) in [4.78, 5) is 64.6. The van der Waals surface area contributed by atoms with Crippen LogP contribution in [0, 0.1) is 0 Å². The molecule has 0 aromatic rings. The van der Waals surface area contributed by atoms with Gasteiger partial charge in [-0.1, -0.05) is 0 Å². The van der Waals surface area contributed by atoms with Crippen LogP contribution in [0.2, 0.25) is 38.3 Å². The van der Waals surface area contributed by atoms with Gasteiger partial charge in [-0.15, -0.1) is 0 Å². The maximum absolute atomic E-state index is 11.4. The number of rotatable bonds is 12. The van der Waals surface area contributed by atoms with Gasteiger partial charge in [-0.2, -0.15) is 0 Å². The third-order valence-corrected chi connectivity index (χ3v) is 104. The molecule has 32 heavy (non-hydrogen) atoms. The SMILES string of the molecule is CCO[Si](C)(C)CC[Si](C)(C)O.O=[Si](O)[Si]([Si](=O)O)([Si](=O)O)[Si]([Si](=O)O)([Si](=O)O)[Si](=O)O. The summed E-state index contributed by atoms with van der Waals surface area (Å²) in [5, 5.41) is 0. The molecule has 0 rings (SSSR count). The summed E-state index contributed by atoms with van der Waals surface area (Å²) in [6.07, 6.45) is -11.2. The molecule has 0 saturated carbocycles. The molecule has 0 atom stereocenters. The fraction of sp³-hybridized carbons (Fsp3) is 1.00. The summed E-state index contributed by atoms with van der Waals surface area (Å²) in [5.74, 6) is 0. The predicted molar refractivity (Wildman–Crippen MR) is 122 cm³/mol. The van der Waals surface area contributed by atoms with Gasteiger partial charge in [-0.05, 0) is 45.2 Å². The highest BCUT2D eigenvalue weighted by molar-refractivity contribution is 8.14. The van der Waals surface area contributed by atoms with Crippen molar-refractivity contribution in [1.82, 2.24) is 0 Å². The molecule has 0 amide bonds. The second-order valence-corrected chi connectivity index (χ2v) is 66.6. The van der Waals surface area contributed by atoms with Crippen molar-refractivity contribution in [3.8, 4) is 0 Å². The zero-order valence-corrected chi connectivity index (χ0v) is 28.1. The van der Waals surface area contributed by atoms with Gasteiger partial charge in [-0.25, -0.2) is 0 Å². The van der Waals surface area contributed by atoms with E-state index in [4.69, 9.17) is 33.2 Å². The van der Waals surface area contributed by atoms with Crippen molar-refractivity contribution in [3.63, 3.8) is 0 Å². The topological polar surface area (TPSA) is 253 Å². The van der Waals surface area contributed by atoms with Crippen LogP contribution in [0.25, 0.3) is 0 Å². The van der Waals surface area contributed by atoms with E-state index >= 15 is 0 Å². The molecule has 14 nitrogen and oxygen atoms in total. The van der Waals surface area contributed by atoms with E-state index in [0.717, 1.165) is 18.7 Å². The highest BCUT2D eigenvalue weighted by atomic mass is 30.4. The largest absolute Gasteiger partial charge is 0.542 e. The molecule has 0 spiro atoms. The lowest BCUT2D eigenvalue weighted by Crippen LogP contribution is -2.91. The van der Waals surface area contributed by atoms with E-state index in [1.165, 1.54) is 0 Å². The molecule has 0 bridgehead atoms. The zero-order chi connectivity index (χ0) is 26.3. The van der Waals surface area contributed by atoms with E-state index in [1.54, 1.807) is 0 Å². The molecule has 0 saturated heterocycles. The van der Waals surface area contributed by atoms with Crippen LogP contribution in [-0.2, 0) is 31.2 Å². The van der Waals surface area contributed by atoms with Gasteiger partial charge in [0.25, 0.3) is 0 Å². The molecule has 24 heteroatoms. The Hall–Kier alpha value is -0.311. The van der Waals surface area contributed by atoms with E-state index in [0.29, 0.717) is 0 Å². The summed E-state index contributed by atoms with van der Waals surface area (Å²) >= 11 is 0. The van der Waals surface area contributed by atoms with E-state index in [9.17, 15) is 31.6 Å². The van der Waals surface area contributed by atoms with Crippen LogP contribution >= 0.6 is 0 Å². The molecule has 0 heterocycles. The molecular weight excluding hydrogens is 601 g/mol. The second-order valence-electron chi connectivity index (χ2n) is 7.84. The highest BCUT2D eigenvalue weighted by Gasteiger charge is 2.91. The fourth-order valence-corrected chi connectivity index (χ4v) is 99.6. The monoisotopic (exact) mass is 628 g/mol. The molecule has 0 radical (unpaired) electrons. The van der Waals surface area contributed by atoms with Crippen molar-refractivity contribution in [2.45, 2.75) is 45.2 Å². The van der Waals surface area contributed by atoms with Crippen molar-refractivity contribution in [2.24, 2.45) is 0 Å². The Kier molecular flexibility index (Phi) is 13.7. The lowest BCUT2D eigenvalue weighted by molar-refractivity contribution is 0.329. The molecular formula is C8H28O14Si10. The van der Waals surface area contributed by atoms with Crippen molar-refractivity contribution in [2.75, 3.05) is 6.61 Å². The van der Waals surface area contributed by atoms with Crippen LogP contribution in [0.5, 0.6) is 0 Å². The van der Waals surface area contributed by atoms with E-state index in [1.807, 2.05) is 20.0 Å². The first-order valence-corrected chi connectivity index (χ1v) is 34.3. The maximum atomic E-state index is 11.4. The Labute approximate surface area is 195 Å². The Morgan fingerprint density at radius 1 is 0.594 bits per heavy atom. The lowest BCUT2D eigenvalue weighted by atomic mass is 10.9. The van der Waals surface area contributed by atoms with E-state index in [-0.39, 0.29) is 0 Å². The zero-order valence-electron chi connectivity index (χ0n) is 18.1. The Bertz CT molecular complexity index is 656. The standard InChI is InChI=1S/C8H22O2Si2.H6O12Si8/c1-6-10-12(4,5)8-7-11(2,3)9;1-13(2)19(14(3)4,15(5)6)20(16(7)8,17(9)10)18(11)12/h9H,6-8H2,1-5H3;1,3,5,7,9,11H. The second kappa shape index (κ2) is 13.0. The summed E-state index contributed by atoms with van der Waals surface area (Å²) in [6, 6.07) is 2.07. The molecule has 0 aromatic carbocycles. The molecule has 0 aliphatic carbocycles.